The Morgan fingerprint density at radius 3 is 2.23 bits per heavy atom. The molecule has 4 aliphatic carbocycles. The van der Waals surface area contributed by atoms with Gasteiger partial charge in [0.1, 0.15) is 5.78 Å². The SMILES string of the molecule is C[C@H](C(C(=O)O)C(=O)O)[C@H]1CCC2C3C(CC[C@@]21C)[C@@]1(C)CCC(=O)C[C@H]1CC3(F)F. The second-order valence-electron chi connectivity index (χ2n) is 11.4. The third-order valence-electron chi connectivity index (χ3n) is 10.2. The highest BCUT2D eigenvalue weighted by Crippen LogP contribution is 2.71. The molecule has 4 aliphatic rings. The Labute approximate surface area is 182 Å². The topological polar surface area (TPSA) is 91.7 Å². The molecule has 2 N–H and O–H groups in total. The van der Waals surface area contributed by atoms with Gasteiger partial charge in [-0.15, -0.1) is 0 Å². The molecule has 7 heteroatoms. The standard InChI is InChI=1S/C24H34F2O5/c1-12(18(20(28)29)21(30)31)15-4-5-16-19-17(7-9-23(15,16)3)22(2)8-6-14(27)10-13(22)11-24(19,25)26/h12-13,15-19H,4-11H2,1-3H3,(H,28,29)(H,30,31)/t12-,13-,15+,16?,17?,19?,22-,23+/m0/s1. The second-order valence-corrected chi connectivity index (χ2v) is 11.4. The summed E-state index contributed by atoms with van der Waals surface area (Å²) < 4.78 is 31.3. The summed E-state index contributed by atoms with van der Waals surface area (Å²) in [5, 5.41) is 19.0. The second kappa shape index (κ2) is 7.24. The van der Waals surface area contributed by atoms with Crippen LogP contribution >= 0.6 is 0 Å². The molecular formula is C24H34F2O5. The van der Waals surface area contributed by atoms with Crippen LogP contribution in [0.1, 0.15) is 72.1 Å². The number of hydrogen-bond donors (Lipinski definition) is 2. The molecule has 0 radical (unpaired) electrons. The Morgan fingerprint density at radius 2 is 1.61 bits per heavy atom. The number of fused-ring (bicyclic) bond motifs is 5. The molecule has 0 spiro atoms. The van der Waals surface area contributed by atoms with Gasteiger partial charge in [-0.2, -0.15) is 0 Å². The van der Waals surface area contributed by atoms with Gasteiger partial charge in [0.2, 0.25) is 0 Å². The summed E-state index contributed by atoms with van der Waals surface area (Å²) in [5.41, 5.74) is -0.739. The van der Waals surface area contributed by atoms with Crippen LogP contribution in [-0.2, 0) is 14.4 Å². The van der Waals surface area contributed by atoms with Crippen LogP contribution in [0.4, 0.5) is 8.78 Å². The molecule has 0 aliphatic heterocycles. The fourth-order valence-electron chi connectivity index (χ4n) is 8.64. The minimum Gasteiger partial charge on any atom is -0.481 e. The molecule has 4 fully saturated rings. The largest absolute Gasteiger partial charge is 0.481 e. The highest BCUT2D eigenvalue weighted by molar-refractivity contribution is 5.93. The lowest BCUT2D eigenvalue weighted by Gasteiger charge is -2.62. The predicted molar refractivity (Wildman–Crippen MR) is 108 cm³/mol. The average molecular weight is 441 g/mol. The fraction of sp³-hybridized carbons (Fsp3) is 0.875. The van der Waals surface area contributed by atoms with Crippen LogP contribution < -0.4 is 0 Å². The van der Waals surface area contributed by atoms with E-state index in [-0.39, 0.29) is 47.7 Å². The van der Waals surface area contributed by atoms with Crippen molar-refractivity contribution < 1.29 is 33.4 Å². The minimum atomic E-state index is -2.85. The zero-order chi connectivity index (χ0) is 22.9. The summed E-state index contributed by atoms with van der Waals surface area (Å²) in [5.74, 6) is -9.23. The number of carboxylic acid groups (broad SMARTS) is 2. The van der Waals surface area contributed by atoms with Crippen LogP contribution in [0, 0.1) is 52.3 Å². The smallest absolute Gasteiger partial charge is 0.318 e. The maximum Gasteiger partial charge on any atom is 0.318 e. The summed E-state index contributed by atoms with van der Waals surface area (Å²) in [6, 6.07) is 0. The van der Waals surface area contributed by atoms with Crippen molar-refractivity contribution in [1.29, 1.82) is 0 Å². The first-order valence-electron chi connectivity index (χ1n) is 11.7. The summed E-state index contributed by atoms with van der Waals surface area (Å²) in [6.07, 6.45) is 3.71. The fourth-order valence-corrected chi connectivity index (χ4v) is 8.64. The zero-order valence-corrected chi connectivity index (χ0v) is 18.6. The van der Waals surface area contributed by atoms with E-state index in [0.29, 0.717) is 38.5 Å². The number of rotatable bonds is 4. The first-order chi connectivity index (χ1) is 14.3. The van der Waals surface area contributed by atoms with Crippen LogP contribution in [0.15, 0.2) is 0 Å². The molecule has 8 atom stereocenters. The van der Waals surface area contributed by atoms with E-state index >= 15 is 8.78 Å². The maximum atomic E-state index is 15.7. The van der Waals surface area contributed by atoms with Gasteiger partial charge in [-0.05, 0) is 72.5 Å². The lowest BCUT2D eigenvalue weighted by atomic mass is 9.43. The number of carbonyl (C=O) groups excluding carboxylic acids is 1. The Morgan fingerprint density at radius 1 is 1.00 bits per heavy atom. The van der Waals surface area contributed by atoms with Crippen molar-refractivity contribution in [1.82, 2.24) is 0 Å². The van der Waals surface area contributed by atoms with Gasteiger partial charge in [0.25, 0.3) is 5.92 Å². The Hall–Kier alpha value is -1.53. The Kier molecular flexibility index (Phi) is 5.29. The van der Waals surface area contributed by atoms with Crippen molar-refractivity contribution in [3.8, 4) is 0 Å². The Balaban J connectivity index is 1.67. The monoisotopic (exact) mass is 440 g/mol. The lowest BCUT2D eigenvalue weighted by molar-refractivity contribution is -0.231. The van der Waals surface area contributed by atoms with Crippen molar-refractivity contribution in [2.24, 2.45) is 52.3 Å². The van der Waals surface area contributed by atoms with Gasteiger partial charge in [0.15, 0.2) is 5.92 Å². The molecular weight excluding hydrogens is 406 g/mol. The summed E-state index contributed by atoms with van der Waals surface area (Å²) in [6.45, 7) is 5.78. The molecule has 0 aromatic heterocycles. The maximum absolute atomic E-state index is 15.7. The lowest BCUT2D eigenvalue weighted by Crippen LogP contribution is -2.61. The number of halogens is 2. The van der Waals surface area contributed by atoms with E-state index in [4.69, 9.17) is 0 Å². The van der Waals surface area contributed by atoms with Crippen LogP contribution in [0.2, 0.25) is 0 Å². The first-order valence-corrected chi connectivity index (χ1v) is 11.7. The number of hydrogen-bond acceptors (Lipinski definition) is 3. The molecule has 0 heterocycles. The number of alkyl halides is 2. The minimum absolute atomic E-state index is 0.0977. The van der Waals surface area contributed by atoms with Crippen LogP contribution in [-0.4, -0.2) is 33.9 Å². The normalized spacial score (nSPS) is 44.8. The number of Topliss-reactive ketones (excluding diaryl/α,β-unsaturated/α-hetero) is 1. The number of ketones is 1. The van der Waals surface area contributed by atoms with E-state index in [1.165, 1.54) is 0 Å². The van der Waals surface area contributed by atoms with E-state index in [1.54, 1.807) is 6.92 Å². The highest BCUT2D eigenvalue weighted by atomic mass is 19.3. The quantitative estimate of drug-likeness (QED) is 0.608. The highest BCUT2D eigenvalue weighted by Gasteiger charge is 2.68. The third kappa shape index (κ3) is 3.24. The van der Waals surface area contributed by atoms with Crippen molar-refractivity contribution in [2.75, 3.05) is 0 Å². The molecule has 31 heavy (non-hydrogen) atoms. The van der Waals surface area contributed by atoms with Crippen LogP contribution in [0.5, 0.6) is 0 Å². The molecule has 0 saturated heterocycles. The molecule has 0 aromatic carbocycles. The third-order valence-corrected chi connectivity index (χ3v) is 10.2. The molecule has 4 rings (SSSR count). The van der Waals surface area contributed by atoms with Crippen molar-refractivity contribution in [3.05, 3.63) is 0 Å². The van der Waals surface area contributed by atoms with E-state index in [9.17, 15) is 24.6 Å². The Bertz CT molecular complexity index is 783. The van der Waals surface area contributed by atoms with E-state index < -0.39 is 41.0 Å². The first kappa shape index (κ1) is 22.7. The van der Waals surface area contributed by atoms with Gasteiger partial charge in [0, 0.05) is 25.2 Å². The predicted octanol–water partition coefficient (Wildman–Crippen LogP) is 4.88. The molecule has 0 amide bonds. The summed E-state index contributed by atoms with van der Waals surface area (Å²) in [7, 11) is 0. The van der Waals surface area contributed by atoms with Crippen molar-refractivity contribution in [2.45, 2.75) is 78.1 Å². The number of carboxylic acids is 2. The summed E-state index contributed by atoms with van der Waals surface area (Å²) in [4.78, 5) is 35.3. The van der Waals surface area contributed by atoms with Crippen molar-refractivity contribution >= 4 is 17.7 Å². The van der Waals surface area contributed by atoms with Gasteiger partial charge in [0.05, 0.1) is 0 Å². The summed E-state index contributed by atoms with van der Waals surface area (Å²) >= 11 is 0. The van der Waals surface area contributed by atoms with Gasteiger partial charge < -0.3 is 10.2 Å². The zero-order valence-electron chi connectivity index (χ0n) is 18.6. The van der Waals surface area contributed by atoms with Crippen molar-refractivity contribution in [3.63, 3.8) is 0 Å². The molecule has 5 nitrogen and oxygen atoms in total. The van der Waals surface area contributed by atoms with Gasteiger partial charge in [-0.1, -0.05) is 20.8 Å². The van der Waals surface area contributed by atoms with Gasteiger partial charge >= 0.3 is 11.9 Å². The van der Waals surface area contributed by atoms with Gasteiger partial charge in [-0.25, -0.2) is 8.78 Å². The van der Waals surface area contributed by atoms with Crippen LogP contribution in [0.3, 0.4) is 0 Å². The molecule has 0 aromatic rings. The molecule has 4 saturated carbocycles. The average Bonchev–Trinajstić information content (AvgIpc) is 2.99. The van der Waals surface area contributed by atoms with E-state index in [1.807, 2.05) is 6.92 Å². The molecule has 3 unspecified atom stereocenters. The molecule has 0 bridgehead atoms. The van der Waals surface area contributed by atoms with Gasteiger partial charge in [-0.3, -0.25) is 14.4 Å². The number of carbonyl (C=O) groups is 3. The number of aliphatic carboxylic acids is 2. The van der Waals surface area contributed by atoms with E-state index in [0.717, 1.165) is 0 Å². The molecule has 174 valence electrons. The van der Waals surface area contributed by atoms with Crippen LogP contribution in [0.25, 0.3) is 0 Å². The van der Waals surface area contributed by atoms with E-state index in [2.05, 4.69) is 6.92 Å².